The first kappa shape index (κ1) is 10.6. The maximum Gasteiger partial charge on any atom is 0.151 e. The first-order valence-corrected chi connectivity index (χ1v) is 6.86. The second-order valence-corrected chi connectivity index (χ2v) is 5.01. The molecule has 0 bridgehead atoms. The van der Waals surface area contributed by atoms with Crippen molar-refractivity contribution in [2.45, 2.75) is 19.8 Å². The van der Waals surface area contributed by atoms with Crippen molar-refractivity contribution < 1.29 is 0 Å². The molecule has 0 fully saturated rings. The van der Waals surface area contributed by atoms with Crippen molar-refractivity contribution in [3.8, 4) is 0 Å². The molecule has 3 rings (SSSR count). The van der Waals surface area contributed by atoms with Crippen LogP contribution in [-0.4, -0.2) is 15.9 Å². The number of nitrogens with zero attached hydrogens (tertiary/aromatic N) is 2. The van der Waals surface area contributed by atoms with Crippen molar-refractivity contribution >= 4 is 33.0 Å². The quantitative estimate of drug-likeness (QED) is 0.709. The van der Waals surface area contributed by atoms with Gasteiger partial charge in [-0.3, -0.25) is 0 Å². The molecule has 0 amide bonds. The normalized spacial score (nSPS) is 11.4. The third kappa shape index (κ3) is 1.78. The van der Waals surface area contributed by atoms with Crippen LogP contribution in [0.2, 0.25) is 0 Å². The lowest BCUT2D eigenvalue weighted by Gasteiger charge is -2.07. The molecule has 17 heavy (non-hydrogen) atoms. The summed E-state index contributed by atoms with van der Waals surface area (Å²) in [5.41, 5.74) is 2.23. The van der Waals surface area contributed by atoms with Crippen molar-refractivity contribution in [2.24, 2.45) is 0 Å². The molecule has 0 aliphatic carbocycles. The van der Waals surface area contributed by atoms with Crippen LogP contribution in [-0.2, 0) is 0 Å². The van der Waals surface area contributed by atoms with Crippen molar-refractivity contribution in [2.75, 3.05) is 11.9 Å². The minimum Gasteiger partial charge on any atom is -0.368 e. The topological polar surface area (TPSA) is 29.3 Å². The molecule has 0 atom stereocenters. The SMILES string of the molecule is CCCCNc1nc2ccsc2n2cccc12. The molecule has 1 N–H and O–H groups in total. The Kier molecular flexibility index (Phi) is 2.73. The van der Waals surface area contributed by atoms with Gasteiger partial charge in [0.1, 0.15) is 10.3 Å². The lowest BCUT2D eigenvalue weighted by atomic mass is 10.3. The summed E-state index contributed by atoms with van der Waals surface area (Å²) in [6.07, 6.45) is 4.47. The third-order valence-corrected chi connectivity index (χ3v) is 3.79. The van der Waals surface area contributed by atoms with Crippen LogP contribution >= 0.6 is 11.3 Å². The Labute approximate surface area is 104 Å². The average molecular weight is 245 g/mol. The Bertz CT molecular complexity index is 638. The van der Waals surface area contributed by atoms with Gasteiger partial charge in [-0.25, -0.2) is 4.98 Å². The molecule has 0 aliphatic heterocycles. The Balaban J connectivity index is 2.09. The van der Waals surface area contributed by atoms with E-state index in [0.29, 0.717) is 0 Å². The Hall–Kier alpha value is -1.55. The highest BCUT2D eigenvalue weighted by Crippen LogP contribution is 2.25. The highest BCUT2D eigenvalue weighted by atomic mass is 32.1. The molecule has 3 aromatic heterocycles. The van der Waals surface area contributed by atoms with Crippen LogP contribution in [0.4, 0.5) is 5.82 Å². The van der Waals surface area contributed by atoms with Crippen LogP contribution in [0.25, 0.3) is 15.9 Å². The summed E-state index contributed by atoms with van der Waals surface area (Å²) >= 11 is 1.73. The first-order valence-electron chi connectivity index (χ1n) is 5.98. The number of rotatable bonds is 4. The van der Waals surface area contributed by atoms with Gasteiger partial charge in [0, 0.05) is 12.7 Å². The molecule has 3 nitrogen and oxygen atoms in total. The summed E-state index contributed by atoms with van der Waals surface area (Å²) in [5.74, 6) is 0.995. The van der Waals surface area contributed by atoms with E-state index in [1.807, 2.05) is 0 Å². The van der Waals surface area contributed by atoms with Gasteiger partial charge in [-0.15, -0.1) is 11.3 Å². The predicted octanol–water partition coefficient (Wildman–Crippen LogP) is 3.76. The summed E-state index contributed by atoms with van der Waals surface area (Å²) in [7, 11) is 0. The van der Waals surface area contributed by atoms with Crippen LogP contribution in [0.15, 0.2) is 29.8 Å². The van der Waals surface area contributed by atoms with E-state index in [1.165, 1.54) is 17.7 Å². The van der Waals surface area contributed by atoms with Gasteiger partial charge in [0.25, 0.3) is 0 Å². The zero-order valence-corrected chi connectivity index (χ0v) is 10.6. The molecule has 0 aliphatic rings. The van der Waals surface area contributed by atoms with Crippen molar-refractivity contribution in [1.82, 2.24) is 9.38 Å². The van der Waals surface area contributed by atoms with Gasteiger partial charge in [0.05, 0.1) is 5.52 Å². The number of hydrogen-bond acceptors (Lipinski definition) is 3. The van der Waals surface area contributed by atoms with E-state index in [2.05, 4.69) is 51.4 Å². The Morgan fingerprint density at radius 2 is 2.35 bits per heavy atom. The summed E-state index contributed by atoms with van der Waals surface area (Å²) in [5, 5.41) is 5.52. The molecule has 4 heteroatoms. The Morgan fingerprint density at radius 1 is 1.41 bits per heavy atom. The van der Waals surface area contributed by atoms with E-state index in [4.69, 9.17) is 0 Å². The minimum atomic E-state index is 0.986. The fourth-order valence-corrected chi connectivity index (χ4v) is 2.84. The Morgan fingerprint density at radius 3 is 3.24 bits per heavy atom. The zero-order valence-electron chi connectivity index (χ0n) is 9.81. The molecule has 0 radical (unpaired) electrons. The van der Waals surface area contributed by atoms with Gasteiger partial charge in [0.2, 0.25) is 0 Å². The highest BCUT2D eigenvalue weighted by Gasteiger charge is 2.07. The van der Waals surface area contributed by atoms with Crippen LogP contribution in [0.5, 0.6) is 0 Å². The van der Waals surface area contributed by atoms with E-state index in [-0.39, 0.29) is 0 Å². The fourth-order valence-electron chi connectivity index (χ4n) is 2.00. The molecule has 0 saturated heterocycles. The number of nitrogens with one attached hydrogen (secondary N) is 1. The number of anilines is 1. The monoisotopic (exact) mass is 245 g/mol. The van der Waals surface area contributed by atoms with Crippen molar-refractivity contribution in [1.29, 1.82) is 0 Å². The van der Waals surface area contributed by atoms with Gasteiger partial charge in [0.15, 0.2) is 5.82 Å². The maximum atomic E-state index is 4.69. The van der Waals surface area contributed by atoms with Crippen LogP contribution < -0.4 is 5.32 Å². The molecular formula is C13H15N3S. The van der Waals surface area contributed by atoms with Gasteiger partial charge >= 0.3 is 0 Å². The largest absolute Gasteiger partial charge is 0.368 e. The summed E-state index contributed by atoms with van der Waals surface area (Å²) in [6, 6.07) is 6.26. The summed E-state index contributed by atoms with van der Waals surface area (Å²) in [6.45, 7) is 3.18. The molecule has 3 heterocycles. The smallest absolute Gasteiger partial charge is 0.151 e. The fraction of sp³-hybridized carbons (Fsp3) is 0.308. The maximum absolute atomic E-state index is 4.69. The highest BCUT2D eigenvalue weighted by molar-refractivity contribution is 7.16. The number of unbranched alkanes of at least 4 members (excludes halogenated alkanes) is 1. The second kappa shape index (κ2) is 4.37. The number of hydrogen-bond donors (Lipinski definition) is 1. The first-order chi connectivity index (χ1) is 8.40. The van der Waals surface area contributed by atoms with E-state index < -0.39 is 0 Å². The van der Waals surface area contributed by atoms with Gasteiger partial charge < -0.3 is 9.72 Å². The standard InChI is InChI=1S/C13H15N3S/c1-2-3-7-14-12-11-5-4-8-16(11)13-10(15-12)6-9-17-13/h4-6,8-9H,2-3,7H2,1H3,(H,14,15). The van der Waals surface area contributed by atoms with Crippen molar-refractivity contribution in [3.05, 3.63) is 29.8 Å². The van der Waals surface area contributed by atoms with Crippen LogP contribution in [0.3, 0.4) is 0 Å². The number of fused-ring (bicyclic) bond motifs is 3. The molecule has 0 unspecified atom stereocenters. The lowest BCUT2D eigenvalue weighted by Crippen LogP contribution is -2.04. The molecular weight excluding hydrogens is 230 g/mol. The summed E-state index contributed by atoms with van der Waals surface area (Å²) in [4.78, 5) is 5.90. The third-order valence-electron chi connectivity index (χ3n) is 2.89. The van der Waals surface area contributed by atoms with Crippen molar-refractivity contribution in [3.63, 3.8) is 0 Å². The number of aromatic nitrogens is 2. The molecule has 0 aromatic carbocycles. The molecule has 88 valence electrons. The van der Waals surface area contributed by atoms with E-state index in [0.717, 1.165) is 23.4 Å². The van der Waals surface area contributed by atoms with Crippen LogP contribution in [0, 0.1) is 0 Å². The lowest BCUT2D eigenvalue weighted by molar-refractivity contribution is 0.832. The second-order valence-electron chi connectivity index (χ2n) is 4.12. The molecule has 3 aromatic rings. The van der Waals surface area contributed by atoms with Gasteiger partial charge in [-0.1, -0.05) is 13.3 Å². The number of thiophene rings is 1. The minimum absolute atomic E-state index is 0.986. The average Bonchev–Trinajstić information content (AvgIpc) is 2.96. The van der Waals surface area contributed by atoms with Crippen LogP contribution in [0.1, 0.15) is 19.8 Å². The van der Waals surface area contributed by atoms with E-state index in [9.17, 15) is 0 Å². The molecule has 0 saturated carbocycles. The zero-order chi connectivity index (χ0) is 11.7. The van der Waals surface area contributed by atoms with Gasteiger partial charge in [-0.05, 0) is 30.0 Å². The van der Waals surface area contributed by atoms with Gasteiger partial charge in [-0.2, -0.15) is 0 Å². The summed E-state index contributed by atoms with van der Waals surface area (Å²) < 4.78 is 2.21. The van der Waals surface area contributed by atoms with E-state index in [1.54, 1.807) is 11.3 Å². The molecule has 0 spiro atoms. The van der Waals surface area contributed by atoms with E-state index >= 15 is 0 Å². The predicted molar refractivity (Wildman–Crippen MR) is 74.0 cm³/mol.